The maximum Gasteiger partial charge on any atom is 0.160 e. The highest BCUT2D eigenvalue weighted by molar-refractivity contribution is 6.22. The SMILES string of the molecule is CC1(C)c2ccccc2-c2c1c1c(c3c2c2ccccc2n3-c2cccc(-c3nc(-c4ccccc4)c4ccccc4n3)c2)C(C)(C)c2ccccc2-1. The van der Waals surface area contributed by atoms with Gasteiger partial charge in [0.1, 0.15) is 0 Å². The molecule has 0 unspecified atom stereocenters. The molecule has 3 nitrogen and oxygen atoms in total. The number of fused-ring (bicyclic) bond motifs is 13. The summed E-state index contributed by atoms with van der Waals surface area (Å²) in [6.45, 7) is 9.69. The largest absolute Gasteiger partial charge is 0.309 e. The molecule has 2 aromatic heterocycles. The van der Waals surface area contributed by atoms with E-state index in [1.165, 1.54) is 66.3 Å². The fourth-order valence-corrected chi connectivity index (χ4v) is 9.83. The summed E-state index contributed by atoms with van der Waals surface area (Å²) in [6, 6.07) is 54.8. The summed E-state index contributed by atoms with van der Waals surface area (Å²) in [6.07, 6.45) is 0. The van der Waals surface area contributed by atoms with Gasteiger partial charge in [-0.2, -0.15) is 0 Å². The van der Waals surface area contributed by atoms with Crippen LogP contribution in [0.5, 0.6) is 0 Å². The van der Waals surface area contributed by atoms with Crippen LogP contribution in [0.2, 0.25) is 0 Å². The van der Waals surface area contributed by atoms with E-state index in [1.807, 2.05) is 0 Å². The van der Waals surface area contributed by atoms with E-state index < -0.39 is 0 Å². The number of aromatic nitrogens is 3. The minimum atomic E-state index is -0.222. The van der Waals surface area contributed by atoms with Crippen molar-refractivity contribution in [3.05, 3.63) is 174 Å². The van der Waals surface area contributed by atoms with Crippen LogP contribution in [-0.4, -0.2) is 14.5 Å². The Morgan fingerprint density at radius 3 is 1.87 bits per heavy atom. The molecular weight excluding hydrogens is 643 g/mol. The van der Waals surface area contributed by atoms with Crippen molar-refractivity contribution in [1.29, 1.82) is 0 Å². The fraction of sp³-hybridized carbons (Fsp3) is 0.120. The molecule has 252 valence electrons. The molecule has 11 rings (SSSR count). The van der Waals surface area contributed by atoms with Gasteiger partial charge in [-0.1, -0.05) is 155 Å². The molecule has 0 fully saturated rings. The van der Waals surface area contributed by atoms with Crippen LogP contribution in [0.4, 0.5) is 0 Å². The second-order valence-corrected chi connectivity index (χ2v) is 15.7. The molecule has 0 N–H and O–H groups in total. The third kappa shape index (κ3) is 4.00. The first-order valence-corrected chi connectivity index (χ1v) is 18.6. The summed E-state index contributed by atoms with van der Waals surface area (Å²) in [5, 5.41) is 3.67. The Kier molecular flexibility index (Phi) is 6.07. The zero-order valence-electron chi connectivity index (χ0n) is 30.3. The number of nitrogens with zero attached hydrogens (tertiary/aromatic N) is 3. The maximum absolute atomic E-state index is 5.26. The Balaban J connectivity index is 1.26. The lowest BCUT2D eigenvalue weighted by Gasteiger charge is -2.28. The van der Waals surface area contributed by atoms with Gasteiger partial charge in [-0.05, 0) is 68.8 Å². The van der Waals surface area contributed by atoms with Crippen LogP contribution in [0.1, 0.15) is 49.9 Å². The molecule has 0 bridgehead atoms. The molecule has 7 aromatic carbocycles. The molecular formula is C50H37N3. The van der Waals surface area contributed by atoms with Gasteiger partial charge in [0.25, 0.3) is 0 Å². The van der Waals surface area contributed by atoms with E-state index in [9.17, 15) is 0 Å². The normalized spacial score (nSPS) is 14.7. The lowest BCUT2D eigenvalue weighted by Crippen LogP contribution is -2.19. The van der Waals surface area contributed by atoms with Crippen molar-refractivity contribution in [2.45, 2.75) is 38.5 Å². The van der Waals surface area contributed by atoms with Crippen molar-refractivity contribution in [2.75, 3.05) is 0 Å². The van der Waals surface area contributed by atoms with Crippen molar-refractivity contribution in [1.82, 2.24) is 14.5 Å². The Bertz CT molecular complexity index is 3000. The summed E-state index contributed by atoms with van der Waals surface area (Å²) < 4.78 is 2.54. The van der Waals surface area contributed by atoms with Crippen LogP contribution in [0.25, 0.3) is 83.3 Å². The van der Waals surface area contributed by atoms with Crippen molar-refractivity contribution in [3.8, 4) is 50.6 Å². The molecule has 0 amide bonds. The molecule has 3 heteroatoms. The summed E-state index contributed by atoms with van der Waals surface area (Å²) in [5.74, 6) is 0.722. The lowest BCUT2D eigenvalue weighted by molar-refractivity contribution is 0.650. The Morgan fingerprint density at radius 1 is 0.491 bits per heavy atom. The molecule has 0 atom stereocenters. The summed E-state index contributed by atoms with van der Waals surface area (Å²) in [4.78, 5) is 10.4. The molecule has 53 heavy (non-hydrogen) atoms. The predicted molar refractivity (Wildman–Crippen MR) is 220 cm³/mol. The summed E-state index contributed by atoms with van der Waals surface area (Å²) in [5.41, 5.74) is 18.3. The third-order valence-electron chi connectivity index (χ3n) is 12.1. The third-order valence-corrected chi connectivity index (χ3v) is 12.1. The summed E-state index contributed by atoms with van der Waals surface area (Å²) in [7, 11) is 0. The van der Waals surface area contributed by atoms with E-state index in [1.54, 1.807) is 0 Å². The highest BCUT2D eigenvalue weighted by Gasteiger charge is 2.47. The number of para-hydroxylation sites is 2. The zero-order chi connectivity index (χ0) is 35.6. The number of rotatable bonds is 3. The topological polar surface area (TPSA) is 30.7 Å². The summed E-state index contributed by atoms with van der Waals surface area (Å²) >= 11 is 0. The molecule has 2 heterocycles. The van der Waals surface area contributed by atoms with Gasteiger partial charge in [0, 0.05) is 43.8 Å². The van der Waals surface area contributed by atoms with Gasteiger partial charge in [0.05, 0.1) is 22.2 Å². The van der Waals surface area contributed by atoms with Gasteiger partial charge >= 0.3 is 0 Å². The van der Waals surface area contributed by atoms with Crippen LogP contribution >= 0.6 is 0 Å². The van der Waals surface area contributed by atoms with E-state index in [0.29, 0.717) is 0 Å². The van der Waals surface area contributed by atoms with E-state index in [4.69, 9.17) is 9.97 Å². The predicted octanol–water partition coefficient (Wildman–Crippen LogP) is 12.7. The number of benzene rings is 7. The molecule has 9 aromatic rings. The van der Waals surface area contributed by atoms with Crippen LogP contribution in [0, 0.1) is 0 Å². The Labute approximate surface area is 309 Å². The molecule has 0 aliphatic heterocycles. The van der Waals surface area contributed by atoms with Crippen molar-refractivity contribution < 1.29 is 0 Å². The highest BCUT2D eigenvalue weighted by Crippen LogP contribution is 2.63. The lowest BCUT2D eigenvalue weighted by atomic mass is 9.76. The molecule has 0 spiro atoms. The maximum atomic E-state index is 5.26. The second kappa shape index (κ2) is 10.6. The smallest absolute Gasteiger partial charge is 0.160 e. The van der Waals surface area contributed by atoms with E-state index >= 15 is 0 Å². The van der Waals surface area contributed by atoms with Gasteiger partial charge in [0.15, 0.2) is 5.82 Å². The second-order valence-electron chi connectivity index (χ2n) is 15.7. The minimum Gasteiger partial charge on any atom is -0.309 e. The van der Waals surface area contributed by atoms with Crippen molar-refractivity contribution in [3.63, 3.8) is 0 Å². The van der Waals surface area contributed by atoms with Crippen LogP contribution in [-0.2, 0) is 10.8 Å². The Hall–Kier alpha value is -6.32. The van der Waals surface area contributed by atoms with E-state index in [0.717, 1.165) is 39.2 Å². The first kappa shape index (κ1) is 30.3. The first-order valence-electron chi connectivity index (χ1n) is 18.6. The van der Waals surface area contributed by atoms with Crippen molar-refractivity contribution >= 4 is 32.7 Å². The fourth-order valence-electron chi connectivity index (χ4n) is 9.83. The number of hydrogen-bond donors (Lipinski definition) is 0. The highest BCUT2D eigenvalue weighted by atomic mass is 15.0. The zero-order valence-corrected chi connectivity index (χ0v) is 30.3. The van der Waals surface area contributed by atoms with Gasteiger partial charge < -0.3 is 4.57 Å². The Morgan fingerprint density at radius 2 is 1.09 bits per heavy atom. The van der Waals surface area contributed by atoms with Gasteiger partial charge in [-0.25, -0.2) is 9.97 Å². The van der Waals surface area contributed by atoms with Crippen molar-refractivity contribution in [2.24, 2.45) is 0 Å². The first-order chi connectivity index (χ1) is 25.8. The van der Waals surface area contributed by atoms with E-state index in [-0.39, 0.29) is 10.8 Å². The van der Waals surface area contributed by atoms with E-state index in [2.05, 4.69) is 184 Å². The van der Waals surface area contributed by atoms with Gasteiger partial charge in [-0.3, -0.25) is 0 Å². The quantitative estimate of drug-likeness (QED) is 0.186. The van der Waals surface area contributed by atoms with Crippen LogP contribution in [0.3, 0.4) is 0 Å². The van der Waals surface area contributed by atoms with Crippen LogP contribution in [0.15, 0.2) is 152 Å². The molecule has 0 saturated carbocycles. The van der Waals surface area contributed by atoms with Gasteiger partial charge in [-0.15, -0.1) is 0 Å². The molecule has 2 aliphatic rings. The molecule has 2 aliphatic carbocycles. The molecule has 0 radical (unpaired) electrons. The molecule has 0 saturated heterocycles. The number of hydrogen-bond acceptors (Lipinski definition) is 2. The monoisotopic (exact) mass is 679 g/mol. The van der Waals surface area contributed by atoms with Gasteiger partial charge in [0.2, 0.25) is 0 Å². The minimum absolute atomic E-state index is 0.162. The standard InChI is InChI=1S/C50H37N3/c1-49(2)37-25-12-8-21-33(37)41-42-36-24-11-15-28-40(36)53(47(42)45-43(44(41)49)34-22-9-13-26-38(34)50(45,3)4)32-20-16-19-31(29-32)48-51-39-27-14-10-23-35(39)46(52-48)30-17-6-5-7-18-30/h5-29H,1-4H3. The average Bonchev–Trinajstić information content (AvgIpc) is 3.75. The average molecular weight is 680 g/mol. The van der Waals surface area contributed by atoms with Crippen LogP contribution < -0.4 is 0 Å².